The Morgan fingerprint density at radius 2 is 1.85 bits per heavy atom. The fourth-order valence-corrected chi connectivity index (χ4v) is 2.85. The number of nitrogens with one attached hydrogen (secondary N) is 1. The predicted molar refractivity (Wildman–Crippen MR) is 94.9 cm³/mol. The second-order valence-corrected chi connectivity index (χ2v) is 6.29. The third-order valence-electron chi connectivity index (χ3n) is 4.08. The van der Waals surface area contributed by atoms with Crippen LogP contribution in [0.2, 0.25) is 0 Å². The van der Waals surface area contributed by atoms with Gasteiger partial charge in [-0.15, -0.1) is 0 Å². The van der Waals surface area contributed by atoms with Crippen molar-refractivity contribution in [1.82, 2.24) is 9.97 Å². The van der Waals surface area contributed by atoms with Crippen LogP contribution in [0.4, 0.5) is 29.2 Å². The van der Waals surface area contributed by atoms with Crippen LogP contribution in [0.25, 0.3) is 10.9 Å². The van der Waals surface area contributed by atoms with Gasteiger partial charge >= 0.3 is 6.18 Å². The monoisotopic (exact) mass is 379 g/mol. The van der Waals surface area contributed by atoms with Gasteiger partial charge in [0.25, 0.3) is 0 Å². The molecule has 1 N–H and O–H groups in total. The first-order chi connectivity index (χ1) is 12.7. The zero-order chi connectivity index (χ0) is 19.8. The van der Waals surface area contributed by atoms with Crippen molar-refractivity contribution in [3.63, 3.8) is 0 Å². The Kier molecular flexibility index (Phi) is 4.91. The van der Waals surface area contributed by atoms with E-state index >= 15 is 0 Å². The molecule has 142 valence electrons. The molecule has 4 nitrogen and oxygen atoms in total. The molecule has 8 heteroatoms. The van der Waals surface area contributed by atoms with Crippen LogP contribution in [-0.2, 0) is 6.18 Å². The first-order valence-corrected chi connectivity index (χ1v) is 8.18. The van der Waals surface area contributed by atoms with Crippen molar-refractivity contribution in [2.75, 3.05) is 12.4 Å². The highest BCUT2D eigenvalue weighted by atomic mass is 19.4. The lowest BCUT2D eigenvalue weighted by molar-refractivity contribution is -0.139. The van der Waals surface area contributed by atoms with Crippen molar-refractivity contribution in [1.29, 1.82) is 0 Å². The van der Waals surface area contributed by atoms with Gasteiger partial charge in [-0.1, -0.05) is 13.8 Å². The molecule has 0 bridgehead atoms. The van der Waals surface area contributed by atoms with Crippen molar-refractivity contribution < 1.29 is 22.3 Å². The molecule has 3 aromatic rings. The molecule has 0 radical (unpaired) electrons. The number of fused-ring (bicyclic) bond motifs is 1. The van der Waals surface area contributed by atoms with Gasteiger partial charge < -0.3 is 10.1 Å². The second kappa shape index (κ2) is 7.02. The van der Waals surface area contributed by atoms with Gasteiger partial charge in [0.15, 0.2) is 0 Å². The number of hydrogen-bond acceptors (Lipinski definition) is 4. The van der Waals surface area contributed by atoms with Gasteiger partial charge in [-0.2, -0.15) is 13.2 Å². The maximum absolute atomic E-state index is 13.4. The standard InChI is InChI=1S/C19H17F4N3O/c1-10(2)16-15(27-3)7-4-11-9-24-18(26-17(11)16)25-12-5-6-14(20)13(8-12)19(21,22)23/h4-10H,1-3H3,(H,24,25,26). The van der Waals surface area contributed by atoms with Crippen LogP contribution in [0.15, 0.2) is 36.5 Å². The summed E-state index contributed by atoms with van der Waals surface area (Å²) in [5.74, 6) is -0.450. The molecule has 0 atom stereocenters. The highest BCUT2D eigenvalue weighted by Crippen LogP contribution is 2.35. The number of rotatable bonds is 4. The van der Waals surface area contributed by atoms with E-state index in [1.54, 1.807) is 13.3 Å². The van der Waals surface area contributed by atoms with Gasteiger partial charge in [0.05, 0.1) is 18.2 Å². The molecule has 27 heavy (non-hydrogen) atoms. The molecule has 0 saturated heterocycles. The Morgan fingerprint density at radius 3 is 2.48 bits per heavy atom. The van der Waals surface area contributed by atoms with E-state index in [0.717, 1.165) is 17.0 Å². The van der Waals surface area contributed by atoms with Gasteiger partial charge in [-0.25, -0.2) is 14.4 Å². The molecule has 0 unspecified atom stereocenters. The van der Waals surface area contributed by atoms with Gasteiger partial charge in [0.1, 0.15) is 11.6 Å². The molecular formula is C19H17F4N3O. The molecular weight excluding hydrogens is 362 g/mol. The summed E-state index contributed by atoms with van der Waals surface area (Å²) in [5.41, 5.74) is 0.199. The maximum atomic E-state index is 13.4. The lowest BCUT2D eigenvalue weighted by atomic mass is 9.99. The number of methoxy groups -OCH3 is 1. The van der Waals surface area contributed by atoms with E-state index in [1.165, 1.54) is 6.07 Å². The summed E-state index contributed by atoms with van der Waals surface area (Å²) >= 11 is 0. The first-order valence-electron chi connectivity index (χ1n) is 8.18. The number of benzene rings is 2. The quantitative estimate of drug-likeness (QED) is 0.594. The number of hydrogen-bond donors (Lipinski definition) is 1. The molecule has 1 aromatic heterocycles. The number of alkyl halides is 3. The number of anilines is 2. The van der Waals surface area contributed by atoms with E-state index in [9.17, 15) is 17.6 Å². The Bertz CT molecular complexity index is 987. The normalized spacial score (nSPS) is 11.9. The fraction of sp³-hybridized carbons (Fsp3) is 0.263. The fourth-order valence-electron chi connectivity index (χ4n) is 2.85. The lowest BCUT2D eigenvalue weighted by Gasteiger charge is -2.15. The van der Waals surface area contributed by atoms with Crippen LogP contribution in [0.1, 0.15) is 30.9 Å². The third kappa shape index (κ3) is 3.79. The van der Waals surface area contributed by atoms with E-state index in [-0.39, 0.29) is 17.6 Å². The topological polar surface area (TPSA) is 47.0 Å². The van der Waals surface area contributed by atoms with Gasteiger partial charge in [-0.05, 0) is 36.2 Å². The predicted octanol–water partition coefficient (Wildman–Crippen LogP) is 5.66. The molecule has 1 heterocycles. The van der Waals surface area contributed by atoms with Crippen molar-refractivity contribution in [2.45, 2.75) is 25.9 Å². The smallest absolute Gasteiger partial charge is 0.419 e. The van der Waals surface area contributed by atoms with Crippen molar-refractivity contribution in [2.24, 2.45) is 0 Å². The minimum absolute atomic E-state index is 0.0390. The average molecular weight is 379 g/mol. The molecule has 2 aromatic carbocycles. The van der Waals surface area contributed by atoms with Crippen molar-refractivity contribution in [3.05, 3.63) is 53.5 Å². The highest BCUT2D eigenvalue weighted by molar-refractivity contribution is 5.85. The summed E-state index contributed by atoms with van der Waals surface area (Å²) in [7, 11) is 1.56. The molecule has 0 aliphatic rings. The van der Waals surface area contributed by atoms with Crippen LogP contribution >= 0.6 is 0 Å². The van der Waals surface area contributed by atoms with E-state index in [2.05, 4.69) is 15.3 Å². The van der Waals surface area contributed by atoms with Crippen LogP contribution < -0.4 is 10.1 Å². The summed E-state index contributed by atoms with van der Waals surface area (Å²) in [4.78, 5) is 8.57. The van der Waals surface area contributed by atoms with Crippen LogP contribution in [0.5, 0.6) is 5.75 Å². The summed E-state index contributed by atoms with van der Waals surface area (Å²) in [6.07, 6.45) is -3.21. The zero-order valence-electron chi connectivity index (χ0n) is 14.9. The Labute approximate surface area is 153 Å². The highest BCUT2D eigenvalue weighted by Gasteiger charge is 2.34. The Morgan fingerprint density at radius 1 is 1.11 bits per heavy atom. The van der Waals surface area contributed by atoms with E-state index in [4.69, 9.17) is 4.74 Å². The second-order valence-electron chi connectivity index (χ2n) is 6.29. The third-order valence-corrected chi connectivity index (χ3v) is 4.08. The lowest BCUT2D eigenvalue weighted by Crippen LogP contribution is -2.09. The van der Waals surface area contributed by atoms with Gasteiger partial charge in [0, 0.05) is 22.8 Å². The van der Waals surface area contributed by atoms with Gasteiger partial charge in [-0.3, -0.25) is 0 Å². The number of halogens is 4. The van der Waals surface area contributed by atoms with E-state index in [0.29, 0.717) is 17.3 Å². The first kappa shape index (κ1) is 18.9. The van der Waals surface area contributed by atoms with Crippen LogP contribution in [0.3, 0.4) is 0 Å². The van der Waals surface area contributed by atoms with Crippen molar-refractivity contribution in [3.8, 4) is 5.75 Å². The number of nitrogens with zero attached hydrogens (tertiary/aromatic N) is 2. The molecule has 0 aliphatic heterocycles. The Hall–Kier alpha value is -2.90. The summed E-state index contributed by atoms with van der Waals surface area (Å²) < 4.78 is 57.5. The number of aromatic nitrogens is 2. The molecule has 0 fully saturated rings. The Balaban J connectivity index is 2.05. The minimum atomic E-state index is -4.79. The largest absolute Gasteiger partial charge is 0.496 e. The SMILES string of the molecule is COc1ccc2cnc(Nc3ccc(F)c(C(F)(F)F)c3)nc2c1C(C)C. The molecule has 0 amide bonds. The molecule has 0 spiro atoms. The van der Waals surface area contributed by atoms with E-state index in [1.807, 2.05) is 26.0 Å². The van der Waals surface area contributed by atoms with Gasteiger partial charge in [0.2, 0.25) is 5.95 Å². The van der Waals surface area contributed by atoms with Crippen LogP contribution in [0, 0.1) is 5.82 Å². The van der Waals surface area contributed by atoms with Crippen LogP contribution in [-0.4, -0.2) is 17.1 Å². The zero-order valence-corrected chi connectivity index (χ0v) is 14.9. The molecule has 3 rings (SSSR count). The summed E-state index contributed by atoms with van der Waals surface area (Å²) in [5, 5.41) is 3.49. The maximum Gasteiger partial charge on any atom is 0.419 e. The number of ether oxygens (including phenoxy) is 1. The summed E-state index contributed by atoms with van der Waals surface area (Å²) in [6, 6.07) is 6.28. The van der Waals surface area contributed by atoms with Crippen molar-refractivity contribution >= 4 is 22.5 Å². The van der Waals surface area contributed by atoms with E-state index < -0.39 is 17.6 Å². The molecule has 0 aliphatic carbocycles. The minimum Gasteiger partial charge on any atom is -0.496 e. The average Bonchev–Trinajstić information content (AvgIpc) is 2.61. The molecule has 0 saturated carbocycles. The summed E-state index contributed by atoms with van der Waals surface area (Å²) in [6.45, 7) is 3.98.